The lowest BCUT2D eigenvalue weighted by atomic mass is 10.2. The molecule has 25 heavy (non-hydrogen) atoms. The van der Waals surface area contributed by atoms with Crippen molar-refractivity contribution in [2.24, 2.45) is 0 Å². The molecule has 1 saturated heterocycles. The van der Waals surface area contributed by atoms with E-state index in [9.17, 15) is 9.59 Å². The van der Waals surface area contributed by atoms with Gasteiger partial charge in [-0.2, -0.15) is 0 Å². The minimum absolute atomic E-state index is 0.480. The van der Waals surface area contributed by atoms with E-state index < -0.39 is 11.8 Å². The Bertz CT molecular complexity index is 725. The number of benzene rings is 1. The minimum atomic E-state index is -0.726. The Kier molecular flexibility index (Phi) is 5.25. The number of hydrogen-bond acceptors (Lipinski definition) is 5. The Morgan fingerprint density at radius 3 is 2.16 bits per heavy atom. The highest BCUT2D eigenvalue weighted by molar-refractivity contribution is 6.43. The molecule has 2 aromatic rings. The molecule has 1 aliphatic rings. The average molecular weight is 339 g/mol. The van der Waals surface area contributed by atoms with Crippen LogP contribution in [0.3, 0.4) is 0 Å². The fourth-order valence-electron chi connectivity index (χ4n) is 2.63. The molecule has 0 aliphatic carbocycles. The van der Waals surface area contributed by atoms with Crippen molar-refractivity contribution in [3.8, 4) is 0 Å². The number of amides is 2. The molecule has 7 nitrogen and oxygen atoms in total. The Hall–Kier alpha value is -2.93. The number of nitrogens with one attached hydrogen (secondary N) is 2. The maximum atomic E-state index is 12.0. The molecule has 1 fully saturated rings. The number of carbonyl (C=O) groups is 2. The van der Waals surface area contributed by atoms with E-state index in [0.717, 1.165) is 31.9 Å². The summed E-state index contributed by atoms with van der Waals surface area (Å²) in [7, 11) is 2.12. The first-order valence-corrected chi connectivity index (χ1v) is 8.18. The Morgan fingerprint density at radius 1 is 0.920 bits per heavy atom. The minimum Gasteiger partial charge on any atom is -0.369 e. The largest absolute Gasteiger partial charge is 0.369 e. The number of anilines is 3. The number of pyridine rings is 1. The molecule has 2 amide bonds. The maximum Gasteiger partial charge on any atom is 0.314 e. The van der Waals surface area contributed by atoms with Crippen molar-refractivity contribution in [2.75, 3.05) is 48.8 Å². The van der Waals surface area contributed by atoms with E-state index >= 15 is 0 Å². The number of piperazine rings is 1. The second kappa shape index (κ2) is 7.76. The normalized spacial score (nSPS) is 14.8. The summed E-state index contributed by atoms with van der Waals surface area (Å²) in [5.41, 5.74) is 2.18. The van der Waals surface area contributed by atoms with Gasteiger partial charge in [0.15, 0.2) is 0 Å². The molecule has 130 valence electrons. The van der Waals surface area contributed by atoms with Crippen LogP contribution in [-0.4, -0.2) is 54.9 Å². The van der Waals surface area contributed by atoms with Crippen LogP contribution in [-0.2, 0) is 9.59 Å². The third-order valence-electron chi connectivity index (χ3n) is 4.12. The summed E-state index contributed by atoms with van der Waals surface area (Å²) in [4.78, 5) is 32.4. The third-order valence-corrected chi connectivity index (χ3v) is 4.12. The van der Waals surface area contributed by atoms with E-state index in [1.165, 1.54) is 6.20 Å². The fraction of sp³-hybridized carbons (Fsp3) is 0.278. The summed E-state index contributed by atoms with van der Waals surface area (Å²) in [6.45, 7) is 4.03. The van der Waals surface area contributed by atoms with Gasteiger partial charge >= 0.3 is 11.8 Å². The van der Waals surface area contributed by atoms with E-state index in [-0.39, 0.29) is 0 Å². The number of carbonyl (C=O) groups excluding carboxylic acids is 2. The van der Waals surface area contributed by atoms with Gasteiger partial charge in [-0.1, -0.05) is 0 Å². The molecule has 0 radical (unpaired) electrons. The van der Waals surface area contributed by atoms with Gasteiger partial charge in [0.25, 0.3) is 0 Å². The summed E-state index contributed by atoms with van der Waals surface area (Å²) in [5.74, 6) is -1.44. The van der Waals surface area contributed by atoms with Gasteiger partial charge in [0, 0.05) is 43.8 Å². The van der Waals surface area contributed by atoms with Gasteiger partial charge in [0.2, 0.25) is 0 Å². The fourth-order valence-corrected chi connectivity index (χ4v) is 2.63. The lowest BCUT2D eigenvalue weighted by Gasteiger charge is -2.34. The van der Waals surface area contributed by atoms with Gasteiger partial charge in [-0.25, -0.2) is 0 Å². The number of rotatable bonds is 3. The molecule has 0 unspecified atom stereocenters. The number of nitrogens with zero attached hydrogens (tertiary/aromatic N) is 3. The van der Waals surface area contributed by atoms with Crippen LogP contribution in [0.25, 0.3) is 0 Å². The van der Waals surface area contributed by atoms with Crippen molar-refractivity contribution >= 4 is 28.9 Å². The van der Waals surface area contributed by atoms with Crippen LogP contribution in [0, 0.1) is 0 Å². The second-order valence-corrected chi connectivity index (χ2v) is 5.99. The van der Waals surface area contributed by atoms with Gasteiger partial charge < -0.3 is 20.4 Å². The third kappa shape index (κ3) is 4.54. The van der Waals surface area contributed by atoms with E-state index in [1.807, 2.05) is 24.3 Å². The van der Waals surface area contributed by atoms with E-state index in [4.69, 9.17) is 0 Å². The SMILES string of the molecule is CN1CCN(c2ccc(NC(=O)C(=O)Nc3cccnc3)cc2)CC1. The van der Waals surface area contributed by atoms with E-state index in [2.05, 4.69) is 32.5 Å². The van der Waals surface area contributed by atoms with Crippen LogP contribution < -0.4 is 15.5 Å². The van der Waals surface area contributed by atoms with Crippen molar-refractivity contribution in [3.63, 3.8) is 0 Å². The molecule has 0 spiro atoms. The van der Waals surface area contributed by atoms with Crippen LogP contribution in [0.2, 0.25) is 0 Å². The van der Waals surface area contributed by atoms with Crippen molar-refractivity contribution in [1.29, 1.82) is 0 Å². The quantitative estimate of drug-likeness (QED) is 0.827. The van der Waals surface area contributed by atoms with Crippen LogP contribution in [0.15, 0.2) is 48.8 Å². The summed E-state index contributed by atoms with van der Waals surface area (Å²) in [6.07, 6.45) is 3.08. The van der Waals surface area contributed by atoms with Crippen LogP contribution >= 0.6 is 0 Å². The van der Waals surface area contributed by atoms with Crippen molar-refractivity contribution in [3.05, 3.63) is 48.8 Å². The molecule has 2 N–H and O–H groups in total. The lowest BCUT2D eigenvalue weighted by Crippen LogP contribution is -2.44. The van der Waals surface area contributed by atoms with Crippen molar-refractivity contribution < 1.29 is 9.59 Å². The summed E-state index contributed by atoms with van der Waals surface area (Å²) in [5, 5.41) is 5.10. The Labute approximate surface area is 146 Å². The predicted octanol–water partition coefficient (Wildman–Crippen LogP) is 1.41. The molecule has 1 aromatic heterocycles. The molecule has 7 heteroatoms. The van der Waals surface area contributed by atoms with Crippen LogP contribution in [0.1, 0.15) is 0 Å². The van der Waals surface area contributed by atoms with Gasteiger partial charge in [-0.15, -0.1) is 0 Å². The Morgan fingerprint density at radius 2 is 1.56 bits per heavy atom. The maximum absolute atomic E-state index is 12.0. The molecule has 2 heterocycles. The topological polar surface area (TPSA) is 77.6 Å². The monoisotopic (exact) mass is 339 g/mol. The molecule has 3 rings (SSSR count). The molecule has 1 aromatic carbocycles. The molecule has 0 bridgehead atoms. The first-order chi connectivity index (χ1) is 12.1. The zero-order valence-corrected chi connectivity index (χ0v) is 14.1. The van der Waals surface area contributed by atoms with Crippen LogP contribution in [0.4, 0.5) is 17.1 Å². The van der Waals surface area contributed by atoms with Gasteiger partial charge in [0.1, 0.15) is 0 Å². The highest BCUT2D eigenvalue weighted by Crippen LogP contribution is 2.19. The first-order valence-electron chi connectivity index (χ1n) is 8.18. The number of likely N-dealkylation sites (N-methyl/N-ethyl adjacent to an activating group) is 1. The zero-order valence-electron chi connectivity index (χ0n) is 14.1. The number of hydrogen-bond donors (Lipinski definition) is 2. The van der Waals surface area contributed by atoms with E-state index in [0.29, 0.717) is 11.4 Å². The average Bonchev–Trinajstić information content (AvgIpc) is 2.64. The summed E-state index contributed by atoms with van der Waals surface area (Å²) >= 11 is 0. The predicted molar refractivity (Wildman–Crippen MR) is 97.6 cm³/mol. The molecule has 1 aliphatic heterocycles. The van der Waals surface area contributed by atoms with Gasteiger partial charge in [-0.3, -0.25) is 14.6 Å². The first kappa shape index (κ1) is 16.9. The second-order valence-electron chi connectivity index (χ2n) is 5.99. The Balaban J connectivity index is 1.55. The summed E-state index contributed by atoms with van der Waals surface area (Å²) < 4.78 is 0. The number of aromatic nitrogens is 1. The highest BCUT2D eigenvalue weighted by Gasteiger charge is 2.16. The molecule has 0 atom stereocenters. The summed E-state index contributed by atoms with van der Waals surface area (Å²) in [6, 6.07) is 10.9. The van der Waals surface area contributed by atoms with Gasteiger partial charge in [-0.05, 0) is 43.4 Å². The standard InChI is InChI=1S/C18H21N5O2/c1-22-9-11-23(12-10-22)16-6-4-14(5-7-16)20-17(24)18(25)21-15-3-2-8-19-13-15/h2-8,13H,9-12H2,1H3,(H,20,24)(H,21,25). The van der Waals surface area contributed by atoms with Crippen LogP contribution in [0.5, 0.6) is 0 Å². The molecular weight excluding hydrogens is 318 g/mol. The molecule has 0 saturated carbocycles. The smallest absolute Gasteiger partial charge is 0.314 e. The zero-order chi connectivity index (χ0) is 17.6. The van der Waals surface area contributed by atoms with E-state index in [1.54, 1.807) is 18.3 Å². The lowest BCUT2D eigenvalue weighted by molar-refractivity contribution is -0.133. The van der Waals surface area contributed by atoms with Crippen molar-refractivity contribution in [1.82, 2.24) is 9.88 Å². The molecular formula is C18H21N5O2. The highest BCUT2D eigenvalue weighted by atomic mass is 16.2. The van der Waals surface area contributed by atoms with Crippen molar-refractivity contribution in [2.45, 2.75) is 0 Å². The van der Waals surface area contributed by atoms with Gasteiger partial charge in [0.05, 0.1) is 11.9 Å².